The van der Waals surface area contributed by atoms with E-state index in [1.165, 1.54) is 5.56 Å². The maximum absolute atomic E-state index is 4.51. The van der Waals surface area contributed by atoms with Crippen molar-refractivity contribution < 1.29 is 0 Å². The van der Waals surface area contributed by atoms with E-state index in [2.05, 4.69) is 48.1 Å². The number of nitrogens with one attached hydrogen (secondary N) is 1. The Kier molecular flexibility index (Phi) is 5.26. The third kappa shape index (κ3) is 3.81. The highest BCUT2D eigenvalue weighted by Crippen LogP contribution is 2.12. The third-order valence-electron chi connectivity index (χ3n) is 2.48. The average Bonchev–Trinajstić information content (AvgIpc) is 2.27. The van der Waals surface area contributed by atoms with Gasteiger partial charge in [-0.1, -0.05) is 19.9 Å². The minimum atomic E-state index is 0.665. The SMILES string of the molecule is CCN(CC(C)C)c1ccc(CNC)cn1. The van der Waals surface area contributed by atoms with E-state index in [9.17, 15) is 0 Å². The number of aromatic nitrogens is 1. The van der Waals surface area contributed by atoms with E-state index < -0.39 is 0 Å². The van der Waals surface area contributed by atoms with Gasteiger partial charge in [-0.05, 0) is 31.5 Å². The van der Waals surface area contributed by atoms with Gasteiger partial charge in [0.05, 0.1) is 0 Å². The highest BCUT2D eigenvalue weighted by atomic mass is 15.2. The smallest absolute Gasteiger partial charge is 0.128 e. The maximum Gasteiger partial charge on any atom is 0.128 e. The minimum absolute atomic E-state index is 0.665. The Morgan fingerprint density at radius 3 is 2.56 bits per heavy atom. The molecular weight excluding hydrogens is 198 g/mol. The fourth-order valence-electron chi connectivity index (χ4n) is 1.74. The van der Waals surface area contributed by atoms with Gasteiger partial charge in [-0.3, -0.25) is 0 Å². The van der Waals surface area contributed by atoms with E-state index in [0.29, 0.717) is 5.92 Å². The molecule has 3 heteroatoms. The summed E-state index contributed by atoms with van der Waals surface area (Å²) >= 11 is 0. The lowest BCUT2D eigenvalue weighted by Crippen LogP contribution is -2.28. The van der Waals surface area contributed by atoms with Gasteiger partial charge in [0.1, 0.15) is 5.82 Å². The van der Waals surface area contributed by atoms with Crippen LogP contribution in [0.1, 0.15) is 26.3 Å². The van der Waals surface area contributed by atoms with Gasteiger partial charge in [0.2, 0.25) is 0 Å². The van der Waals surface area contributed by atoms with Crippen LogP contribution in [0.5, 0.6) is 0 Å². The predicted molar refractivity (Wildman–Crippen MR) is 69.7 cm³/mol. The summed E-state index contributed by atoms with van der Waals surface area (Å²) in [7, 11) is 1.95. The molecule has 16 heavy (non-hydrogen) atoms. The lowest BCUT2D eigenvalue weighted by atomic mass is 10.2. The fraction of sp³-hybridized carbons (Fsp3) is 0.615. The molecule has 1 heterocycles. The van der Waals surface area contributed by atoms with Crippen LogP contribution in [-0.4, -0.2) is 25.1 Å². The van der Waals surface area contributed by atoms with Gasteiger partial charge in [0, 0.05) is 25.8 Å². The van der Waals surface area contributed by atoms with E-state index in [-0.39, 0.29) is 0 Å². The predicted octanol–water partition coefficient (Wildman–Crippen LogP) is 2.28. The van der Waals surface area contributed by atoms with Gasteiger partial charge in [-0.15, -0.1) is 0 Å². The van der Waals surface area contributed by atoms with Gasteiger partial charge >= 0.3 is 0 Å². The summed E-state index contributed by atoms with van der Waals surface area (Å²) in [5.74, 6) is 1.75. The van der Waals surface area contributed by atoms with Crippen molar-refractivity contribution in [2.24, 2.45) is 5.92 Å². The van der Waals surface area contributed by atoms with Gasteiger partial charge in [-0.25, -0.2) is 4.98 Å². The molecule has 0 amide bonds. The van der Waals surface area contributed by atoms with Gasteiger partial charge in [-0.2, -0.15) is 0 Å². The normalized spacial score (nSPS) is 10.8. The Hall–Kier alpha value is -1.09. The second-order valence-corrected chi connectivity index (χ2v) is 4.49. The molecule has 0 fully saturated rings. The molecule has 1 aromatic rings. The molecule has 0 saturated heterocycles. The molecule has 0 aliphatic carbocycles. The summed E-state index contributed by atoms with van der Waals surface area (Å²) in [6.07, 6.45) is 1.95. The molecule has 0 radical (unpaired) electrons. The molecule has 0 aliphatic heterocycles. The van der Waals surface area contributed by atoms with Crippen molar-refractivity contribution in [3.05, 3.63) is 23.9 Å². The molecule has 0 aliphatic rings. The van der Waals surface area contributed by atoms with E-state index in [4.69, 9.17) is 0 Å². The molecule has 0 spiro atoms. The Morgan fingerprint density at radius 2 is 2.12 bits per heavy atom. The Labute approximate surface area is 98.9 Å². The Bertz CT molecular complexity index is 293. The first-order chi connectivity index (χ1) is 7.67. The summed E-state index contributed by atoms with van der Waals surface area (Å²) in [5.41, 5.74) is 1.23. The third-order valence-corrected chi connectivity index (χ3v) is 2.48. The molecule has 3 nitrogen and oxygen atoms in total. The minimum Gasteiger partial charge on any atom is -0.357 e. The largest absolute Gasteiger partial charge is 0.357 e. The van der Waals surface area contributed by atoms with Gasteiger partial charge in [0.25, 0.3) is 0 Å². The number of anilines is 1. The van der Waals surface area contributed by atoms with Crippen molar-refractivity contribution in [1.29, 1.82) is 0 Å². The van der Waals surface area contributed by atoms with Crippen molar-refractivity contribution in [2.45, 2.75) is 27.3 Å². The molecule has 1 N–H and O–H groups in total. The van der Waals surface area contributed by atoms with Crippen LogP contribution in [0.25, 0.3) is 0 Å². The van der Waals surface area contributed by atoms with E-state index in [0.717, 1.165) is 25.5 Å². The molecule has 0 bridgehead atoms. The van der Waals surface area contributed by atoms with Crippen molar-refractivity contribution in [3.63, 3.8) is 0 Å². The molecule has 0 saturated carbocycles. The molecule has 1 rings (SSSR count). The summed E-state index contributed by atoms with van der Waals surface area (Å²) in [6, 6.07) is 4.25. The average molecular weight is 221 g/mol. The van der Waals surface area contributed by atoms with Crippen LogP contribution >= 0.6 is 0 Å². The first kappa shape index (κ1) is 13.0. The molecule has 0 unspecified atom stereocenters. The highest BCUT2D eigenvalue weighted by Gasteiger charge is 2.07. The monoisotopic (exact) mass is 221 g/mol. The summed E-state index contributed by atoms with van der Waals surface area (Å²) in [6.45, 7) is 9.59. The lowest BCUT2D eigenvalue weighted by molar-refractivity contribution is 0.614. The molecule has 1 aromatic heterocycles. The van der Waals surface area contributed by atoms with Crippen LogP contribution in [-0.2, 0) is 6.54 Å². The molecular formula is C13H23N3. The summed E-state index contributed by atoms with van der Waals surface area (Å²) in [4.78, 5) is 6.82. The quantitative estimate of drug-likeness (QED) is 0.799. The molecule has 90 valence electrons. The topological polar surface area (TPSA) is 28.2 Å². The van der Waals surface area contributed by atoms with Crippen LogP contribution < -0.4 is 10.2 Å². The first-order valence-electron chi connectivity index (χ1n) is 6.01. The van der Waals surface area contributed by atoms with Crippen LogP contribution in [0.15, 0.2) is 18.3 Å². The van der Waals surface area contributed by atoms with Gasteiger partial charge < -0.3 is 10.2 Å². The second kappa shape index (κ2) is 6.48. The number of hydrogen-bond donors (Lipinski definition) is 1. The van der Waals surface area contributed by atoms with Crippen molar-refractivity contribution >= 4 is 5.82 Å². The van der Waals surface area contributed by atoms with Crippen LogP contribution in [0, 0.1) is 5.92 Å². The Balaban J connectivity index is 2.70. The fourth-order valence-corrected chi connectivity index (χ4v) is 1.74. The van der Waals surface area contributed by atoms with Crippen LogP contribution in [0.4, 0.5) is 5.82 Å². The number of rotatable bonds is 6. The van der Waals surface area contributed by atoms with E-state index in [1.54, 1.807) is 0 Å². The van der Waals surface area contributed by atoms with Crippen LogP contribution in [0.2, 0.25) is 0 Å². The number of pyridine rings is 1. The zero-order valence-corrected chi connectivity index (χ0v) is 10.8. The number of nitrogens with zero attached hydrogens (tertiary/aromatic N) is 2. The maximum atomic E-state index is 4.51. The summed E-state index contributed by atoms with van der Waals surface area (Å²) in [5, 5.41) is 3.13. The summed E-state index contributed by atoms with van der Waals surface area (Å²) < 4.78 is 0. The van der Waals surface area contributed by atoms with E-state index in [1.807, 2.05) is 13.2 Å². The van der Waals surface area contributed by atoms with Gasteiger partial charge in [0.15, 0.2) is 0 Å². The second-order valence-electron chi connectivity index (χ2n) is 4.49. The number of hydrogen-bond acceptors (Lipinski definition) is 3. The highest BCUT2D eigenvalue weighted by molar-refractivity contribution is 5.39. The lowest BCUT2D eigenvalue weighted by Gasteiger charge is -2.24. The molecule has 0 atom stereocenters. The first-order valence-corrected chi connectivity index (χ1v) is 6.01. The van der Waals surface area contributed by atoms with Crippen molar-refractivity contribution in [1.82, 2.24) is 10.3 Å². The Morgan fingerprint density at radius 1 is 1.38 bits per heavy atom. The molecule has 0 aromatic carbocycles. The van der Waals surface area contributed by atoms with Crippen molar-refractivity contribution in [2.75, 3.05) is 25.0 Å². The zero-order chi connectivity index (χ0) is 12.0. The van der Waals surface area contributed by atoms with Crippen molar-refractivity contribution in [3.8, 4) is 0 Å². The standard InChI is InChI=1S/C13H23N3/c1-5-16(10-11(2)3)13-7-6-12(8-14-4)9-15-13/h6-7,9,11,14H,5,8,10H2,1-4H3. The zero-order valence-electron chi connectivity index (χ0n) is 10.8. The van der Waals surface area contributed by atoms with Crippen LogP contribution in [0.3, 0.4) is 0 Å². The van der Waals surface area contributed by atoms with E-state index >= 15 is 0 Å².